The van der Waals surface area contributed by atoms with Crippen molar-refractivity contribution in [2.24, 2.45) is 5.92 Å². The van der Waals surface area contributed by atoms with Crippen LogP contribution in [0.1, 0.15) is 38.5 Å². The Morgan fingerprint density at radius 2 is 1.91 bits per heavy atom. The quantitative estimate of drug-likeness (QED) is 0.651. The molecule has 0 aromatic carbocycles. The molecular formula is C15H26N2O4S. The number of esters is 1. The van der Waals surface area contributed by atoms with Gasteiger partial charge in [-0.2, -0.15) is 11.8 Å². The van der Waals surface area contributed by atoms with Gasteiger partial charge in [0, 0.05) is 5.92 Å². The number of methoxy groups -OCH3 is 1. The summed E-state index contributed by atoms with van der Waals surface area (Å²) in [4.78, 5) is 35.5. The van der Waals surface area contributed by atoms with Gasteiger partial charge in [-0.3, -0.25) is 9.59 Å². The Labute approximate surface area is 136 Å². The molecule has 0 unspecified atom stereocenters. The lowest BCUT2D eigenvalue weighted by Gasteiger charge is -2.21. The summed E-state index contributed by atoms with van der Waals surface area (Å²) in [7, 11) is 1.30. The summed E-state index contributed by atoms with van der Waals surface area (Å²) in [5, 5.41) is 5.28. The number of hydrogen-bond donors (Lipinski definition) is 2. The van der Waals surface area contributed by atoms with Crippen LogP contribution in [0.4, 0.5) is 0 Å². The first-order valence-corrected chi connectivity index (χ1v) is 9.11. The van der Waals surface area contributed by atoms with E-state index in [0.29, 0.717) is 6.42 Å². The lowest BCUT2D eigenvalue weighted by molar-refractivity contribution is -0.145. The van der Waals surface area contributed by atoms with Gasteiger partial charge >= 0.3 is 5.97 Å². The van der Waals surface area contributed by atoms with Crippen LogP contribution < -0.4 is 10.6 Å². The highest BCUT2D eigenvalue weighted by Gasteiger charge is 2.23. The van der Waals surface area contributed by atoms with E-state index in [1.165, 1.54) is 13.5 Å². The number of ether oxygens (including phenoxy) is 1. The van der Waals surface area contributed by atoms with Crippen molar-refractivity contribution >= 4 is 29.5 Å². The van der Waals surface area contributed by atoms with Crippen LogP contribution in [0.15, 0.2) is 0 Å². The third-order valence-corrected chi connectivity index (χ3v) is 4.47. The van der Waals surface area contributed by atoms with Crippen molar-refractivity contribution in [1.82, 2.24) is 10.6 Å². The van der Waals surface area contributed by atoms with E-state index in [9.17, 15) is 14.4 Å². The molecule has 6 nitrogen and oxygen atoms in total. The molecule has 1 rings (SSSR count). The molecule has 1 fully saturated rings. The van der Waals surface area contributed by atoms with Crippen molar-refractivity contribution < 1.29 is 19.1 Å². The van der Waals surface area contributed by atoms with E-state index in [-0.39, 0.29) is 24.3 Å². The molecule has 1 atom stereocenters. The van der Waals surface area contributed by atoms with E-state index in [1.807, 2.05) is 6.26 Å². The van der Waals surface area contributed by atoms with E-state index in [2.05, 4.69) is 15.4 Å². The highest BCUT2D eigenvalue weighted by atomic mass is 32.2. The third-order valence-electron chi connectivity index (χ3n) is 3.83. The summed E-state index contributed by atoms with van der Waals surface area (Å²) >= 11 is 1.59. The van der Waals surface area contributed by atoms with Gasteiger partial charge in [0.25, 0.3) is 0 Å². The molecule has 2 N–H and O–H groups in total. The summed E-state index contributed by atoms with van der Waals surface area (Å²) < 4.78 is 4.68. The van der Waals surface area contributed by atoms with Crippen LogP contribution in [0.5, 0.6) is 0 Å². The van der Waals surface area contributed by atoms with Gasteiger partial charge in [0.15, 0.2) is 0 Å². The summed E-state index contributed by atoms with van der Waals surface area (Å²) in [6.07, 6.45) is 7.56. The zero-order valence-electron chi connectivity index (χ0n) is 13.4. The molecule has 1 aliphatic rings. The molecule has 126 valence electrons. The largest absolute Gasteiger partial charge is 0.467 e. The van der Waals surface area contributed by atoms with E-state index in [0.717, 1.165) is 31.4 Å². The second-order valence-electron chi connectivity index (χ2n) is 5.48. The average Bonchev–Trinajstić information content (AvgIpc) is 2.56. The van der Waals surface area contributed by atoms with Gasteiger partial charge in [0.05, 0.1) is 13.7 Å². The van der Waals surface area contributed by atoms with Crippen molar-refractivity contribution in [3.8, 4) is 0 Å². The van der Waals surface area contributed by atoms with Crippen molar-refractivity contribution in [3.63, 3.8) is 0 Å². The molecule has 7 heteroatoms. The summed E-state index contributed by atoms with van der Waals surface area (Å²) in [5.74, 6) is -0.112. The molecule has 0 aromatic heterocycles. The SMILES string of the molecule is COC(=O)[C@H](CCSC)NC(=O)CNC(=O)C1CCCCC1. The average molecular weight is 330 g/mol. The molecular weight excluding hydrogens is 304 g/mol. The van der Waals surface area contributed by atoms with Gasteiger partial charge in [-0.05, 0) is 31.3 Å². The van der Waals surface area contributed by atoms with Gasteiger partial charge in [-0.15, -0.1) is 0 Å². The first-order valence-electron chi connectivity index (χ1n) is 7.72. The first-order chi connectivity index (χ1) is 10.6. The fourth-order valence-corrected chi connectivity index (χ4v) is 3.02. The third kappa shape index (κ3) is 6.68. The molecule has 0 heterocycles. The van der Waals surface area contributed by atoms with Gasteiger partial charge in [0.2, 0.25) is 11.8 Å². The van der Waals surface area contributed by atoms with Crippen molar-refractivity contribution in [2.75, 3.05) is 25.7 Å². The lowest BCUT2D eigenvalue weighted by atomic mass is 9.89. The Morgan fingerprint density at radius 1 is 1.23 bits per heavy atom. The Balaban J connectivity index is 2.35. The highest BCUT2D eigenvalue weighted by molar-refractivity contribution is 7.98. The van der Waals surface area contributed by atoms with E-state index >= 15 is 0 Å². The van der Waals surface area contributed by atoms with Gasteiger partial charge in [0.1, 0.15) is 6.04 Å². The fraction of sp³-hybridized carbons (Fsp3) is 0.800. The predicted molar refractivity (Wildman–Crippen MR) is 86.5 cm³/mol. The topological polar surface area (TPSA) is 84.5 Å². The molecule has 2 amide bonds. The van der Waals surface area contributed by atoms with E-state index in [4.69, 9.17) is 0 Å². The minimum atomic E-state index is -0.656. The molecule has 0 bridgehead atoms. The van der Waals surface area contributed by atoms with Gasteiger partial charge in [-0.1, -0.05) is 19.3 Å². The fourth-order valence-electron chi connectivity index (χ4n) is 2.55. The number of thioether (sulfide) groups is 1. The number of nitrogens with one attached hydrogen (secondary N) is 2. The van der Waals surface area contributed by atoms with Crippen LogP contribution in [-0.4, -0.2) is 49.5 Å². The zero-order valence-corrected chi connectivity index (χ0v) is 14.2. The maximum absolute atomic E-state index is 12.0. The number of rotatable bonds is 8. The molecule has 22 heavy (non-hydrogen) atoms. The Kier molecular flexibility index (Phi) is 8.96. The normalized spacial score (nSPS) is 16.6. The van der Waals surface area contributed by atoms with E-state index in [1.54, 1.807) is 11.8 Å². The Bertz CT molecular complexity index is 384. The summed E-state index contributed by atoms with van der Waals surface area (Å²) in [6.45, 7) is -0.0951. The highest BCUT2D eigenvalue weighted by Crippen LogP contribution is 2.23. The van der Waals surface area contributed by atoms with Crippen molar-refractivity contribution in [2.45, 2.75) is 44.6 Å². The van der Waals surface area contributed by atoms with Crippen molar-refractivity contribution in [1.29, 1.82) is 0 Å². The smallest absolute Gasteiger partial charge is 0.328 e. The molecule has 0 aliphatic heterocycles. The molecule has 0 aromatic rings. The van der Waals surface area contributed by atoms with Crippen LogP contribution in [0.25, 0.3) is 0 Å². The van der Waals surface area contributed by atoms with Crippen LogP contribution in [0.3, 0.4) is 0 Å². The first kappa shape index (κ1) is 18.8. The lowest BCUT2D eigenvalue weighted by Crippen LogP contribution is -2.47. The Morgan fingerprint density at radius 3 is 2.50 bits per heavy atom. The number of carbonyl (C=O) groups is 3. The minimum absolute atomic E-state index is 0.0226. The summed E-state index contributed by atoms with van der Waals surface area (Å²) in [5.41, 5.74) is 0. The second-order valence-corrected chi connectivity index (χ2v) is 6.46. The minimum Gasteiger partial charge on any atom is -0.467 e. The zero-order chi connectivity index (χ0) is 16.4. The van der Waals surface area contributed by atoms with Crippen LogP contribution in [0, 0.1) is 5.92 Å². The number of amides is 2. The Hall–Kier alpha value is -1.24. The standard InChI is InChI=1S/C15H26N2O4S/c1-21-15(20)12(8-9-22-2)17-13(18)10-16-14(19)11-6-4-3-5-7-11/h11-12H,3-10H2,1-2H3,(H,16,19)(H,17,18)/t12-/m0/s1. The van der Waals surface area contributed by atoms with Gasteiger partial charge in [-0.25, -0.2) is 4.79 Å². The van der Waals surface area contributed by atoms with Gasteiger partial charge < -0.3 is 15.4 Å². The molecule has 0 spiro atoms. The van der Waals surface area contributed by atoms with Crippen molar-refractivity contribution in [3.05, 3.63) is 0 Å². The van der Waals surface area contributed by atoms with E-state index < -0.39 is 12.0 Å². The van der Waals surface area contributed by atoms with Crippen LogP contribution in [0.2, 0.25) is 0 Å². The number of hydrogen-bond acceptors (Lipinski definition) is 5. The summed E-state index contributed by atoms with van der Waals surface area (Å²) in [6, 6.07) is -0.656. The maximum Gasteiger partial charge on any atom is 0.328 e. The molecule has 0 radical (unpaired) electrons. The maximum atomic E-state index is 12.0. The van der Waals surface area contributed by atoms with Crippen LogP contribution >= 0.6 is 11.8 Å². The molecule has 1 saturated carbocycles. The van der Waals surface area contributed by atoms with Crippen LogP contribution in [-0.2, 0) is 19.1 Å². The molecule has 0 saturated heterocycles. The monoisotopic (exact) mass is 330 g/mol. The molecule has 1 aliphatic carbocycles. The predicted octanol–water partition coefficient (Wildman–Crippen LogP) is 1.09. The number of carbonyl (C=O) groups excluding carboxylic acids is 3. The second kappa shape index (κ2) is 10.5.